The number of nitrogens with zero attached hydrogens (tertiary/aromatic N) is 1. The first-order chi connectivity index (χ1) is 5.58. The number of rotatable bonds is 2. The zero-order chi connectivity index (χ0) is 9.14. The molecule has 1 aromatic heterocycles. The van der Waals surface area contributed by atoms with E-state index in [1.807, 2.05) is 19.1 Å². The fraction of sp³-hybridized carbons (Fsp3) is 0.333. The van der Waals surface area contributed by atoms with Crippen molar-refractivity contribution < 1.29 is 4.79 Å². The Hall–Kier alpha value is -0.700. The van der Waals surface area contributed by atoms with Crippen molar-refractivity contribution >= 4 is 21.7 Å². The van der Waals surface area contributed by atoms with E-state index in [9.17, 15) is 4.79 Å². The number of ketones is 1. The van der Waals surface area contributed by atoms with Crippen LogP contribution in [0.15, 0.2) is 16.6 Å². The maximum atomic E-state index is 10.8. The maximum absolute atomic E-state index is 10.8. The number of hydrogen-bond donors (Lipinski definition) is 0. The number of aromatic nitrogens is 1. The summed E-state index contributed by atoms with van der Waals surface area (Å²) in [5.41, 5.74) is 1.76. The molecular weight excluding hydrogens is 218 g/mol. The van der Waals surface area contributed by atoms with E-state index in [2.05, 4.69) is 20.9 Å². The quantitative estimate of drug-likeness (QED) is 0.777. The molecule has 0 radical (unpaired) electrons. The third-order valence-corrected chi connectivity index (χ3v) is 1.86. The van der Waals surface area contributed by atoms with Gasteiger partial charge in [0.25, 0.3) is 0 Å². The van der Waals surface area contributed by atoms with Crippen molar-refractivity contribution in [2.75, 3.05) is 0 Å². The SMILES string of the molecule is CC(=O)Cc1cc(Br)cc(C)n1. The fourth-order valence-corrected chi connectivity index (χ4v) is 1.63. The van der Waals surface area contributed by atoms with Gasteiger partial charge in [0.05, 0.1) is 0 Å². The predicted octanol–water partition coefficient (Wildman–Crippen LogP) is 2.28. The van der Waals surface area contributed by atoms with Crippen molar-refractivity contribution in [2.45, 2.75) is 20.3 Å². The van der Waals surface area contributed by atoms with E-state index in [4.69, 9.17) is 0 Å². The van der Waals surface area contributed by atoms with Crippen LogP contribution in [0.4, 0.5) is 0 Å². The number of halogens is 1. The number of aryl methyl sites for hydroxylation is 1. The zero-order valence-electron chi connectivity index (χ0n) is 7.10. The molecule has 0 aliphatic carbocycles. The highest BCUT2D eigenvalue weighted by Crippen LogP contribution is 2.12. The summed E-state index contributed by atoms with van der Waals surface area (Å²) in [6, 6.07) is 3.79. The number of hydrogen-bond acceptors (Lipinski definition) is 2. The first-order valence-electron chi connectivity index (χ1n) is 3.70. The fourth-order valence-electron chi connectivity index (χ4n) is 1.04. The lowest BCUT2D eigenvalue weighted by atomic mass is 10.2. The van der Waals surface area contributed by atoms with Crippen molar-refractivity contribution in [3.05, 3.63) is 28.0 Å². The molecule has 0 spiro atoms. The van der Waals surface area contributed by atoms with E-state index in [0.717, 1.165) is 15.9 Å². The Morgan fingerprint density at radius 2 is 2.25 bits per heavy atom. The molecule has 12 heavy (non-hydrogen) atoms. The molecule has 0 atom stereocenters. The van der Waals surface area contributed by atoms with Gasteiger partial charge in [-0.15, -0.1) is 0 Å². The topological polar surface area (TPSA) is 30.0 Å². The van der Waals surface area contributed by atoms with Gasteiger partial charge in [-0.25, -0.2) is 0 Å². The minimum atomic E-state index is 0.139. The van der Waals surface area contributed by atoms with E-state index in [-0.39, 0.29) is 5.78 Å². The smallest absolute Gasteiger partial charge is 0.135 e. The molecule has 0 aliphatic heterocycles. The van der Waals surface area contributed by atoms with Crippen molar-refractivity contribution in [3.63, 3.8) is 0 Å². The molecule has 64 valence electrons. The summed E-state index contributed by atoms with van der Waals surface area (Å²) in [6.07, 6.45) is 0.417. The Balaban J connectivity index is 2.93. The molecule has 0 bridgehead atoms. The summed E-state index contributed by atoms with van der Waals surface area (Å²) in [6.45, 7) is 3.48. The van der Waals surface area contributed by atoms with Crippen molar-refractivity contribution in [1.29, 1.82) is 0 Å². The first-order valence-corrected chi connectivity index (χ1v) is 4.50. The summed E-state index contributed by atoms with van der Waals surface area (Å²) in [4.78, 5) is 15.0. The number of Topliss-reactive ketones (excluding diaryl/α,β-unsaturated/α-hetero) is 1. The monoisotopic (exact) mass is 227 g/mol. The van der Waals surface area contributed by atoms with Gasteiger partial charge >= 0.3 is 0 Å². The van der Waals surface area contributed by atoms with Crippen LogP contribution in [0.25, 0.3) is 0 Å². The van der Waals surface area contributed by atoms with Crippen LogP contribution in [0.1, 0.15) is 18.3 Å². The zero-order valence-corrected chi connectivity index (χ0v) is 8.68. The molecule has 0 saturated carbocycles. The second-order valence-corrected chi connectivity index (χ2v) is 3.71. The van der Waals surface area contributed by atoms with E-state index in [1.54, 1.807) is 6.92 Å². The van der Waals surface area contributed by atoms with Crippen LogP contribution >= 0.6 is 15.9 Å². The van der Waals surface area contributed by atoms with Gasteiger partial charge in [-0.3, -0.25) is 9.78 Å². The molecule has 0 amide bonds. The maximum Gasteiger partial charge on any atom is 0.135 e. The molecule has 0 unspecified atom stereocenters. The third-order valence-electron chi connectivity index (χ3n) is 1.40. The van der Waals surface area contributed by atoms with Crippen molar-refractivity contribution in [1.82, 2.24) is 4.98 Å². The molecule has 2 nitrogen and oxygen atoms in total. The average molecular weight is 228 g/mol. The standard InChI is InChI=1S/C9H10BrNO/c1-6-3-8(10)5-9(11-6)4-7(2)12/h3,5H,4H2,1-2H3. The molecule has 0 aromatic carbocycles. The lowest BCUT2D eigenvalue weighted by molar-refractivity contribution is -0.116. The van der Waals surface area contributed by atoms with Crippen LogP contribution in [0.2, 0.25) is 0 Å². The van der Waals surface area contributed by atoms with Gasteiger partial charge in [0, 0.05) is 22.3 Å². The Bertz CT molecular complexity index is 289. The van der Waals surface area contributed by atoms with E-state index >= 15 is 0 Å². The molecule has 0 aliphatic rings. The molecule has 3 heteroatoms. The van der Waals surface area contributed by atoms with Crippen LogP contribution in [-0.4, -0.2) is 10.8 Å². The summed E-state index contributed by atoms with van der Waals surface area (Å²) in [7, 11) is 0. The lowest BCUT2D eigenvalue weighted by Gasteiger charge is -1.99. The minimum Gasteiger partial charge on any atom is -0.300 e. The van der Waals surface area contributed by atoms with Crippen molar-refractivity contribution in [3.8, 4) is 0 Å². The molecule has 1 aromatic rings. The van der Waals surface area contributed by atoms with Crippen LogP contribution in [-0.2, 0) is 11.2 Å². The van der Waals surface area contributed by atoms with Crippen molar-refractivity contribution in [2.24, 2.45) is 0 Å². The largest absolute Gasteiger partial charge is 0.300 e. The lowest BCUT2D eigenvalue weighted by Crippen LogP contribution is -1.99. The number of carbonyl (C=O) groups excluding carboxylic acids is 1. The molecule has 1 heterocycles. The van der Waals surface area contributed by atoms with Gasteiger partial charge < -0.3 is 0 Å². The van der Waals surface area contributed by atoms with Crippen LogP contribution in [0.3, 0.4) is 0 Å². The number of pyridine rings is 1. The normalized spacial score (nSPS) is 9.92. The molecule has 0 N–H and O–H groups in total. The van der Waals surface area contributed by atoms with Crippen LogP contribution < -0.4 is 0 Å². The van der Waals surface area contributed by atoms with Gasteiger partial charge in [-0.1, -0.05) is 15.9 Å². The second kappa shape index (κ2) is 3.81. The van der Waals surface area contributed by atoms with E-state index < -0.39 is 0 Å². The molecule has 1 rings (SSSR count). The van der Waals surface area contributed by atoms with Gasteiger partial charge in [-0.05, 0) is 26.0 Å². The summed E-state index contributed by atoms with van der Waals surface area (Å²) >= 11 is 3.35. The second-order valence-electron chi connectivity index (χ2n) is 2.80. The predicted molar refractivity (Wildman–Crippen MR) is 51.1 cm³/mol. The van der Waals surface area contributed by atoms with E-state index in [0.29, 0.717) is 6.42 Å². The molecular formula is C9H10BrNO. The van der Waals surface area contributed by atoms with Crippen LogP contribution in [0, 0.1) is 6.92 Å². The third kappa shape index (κ3) is 2.74. The Kier molecular flexibility index (Phi) is 2.98. The van der Waals surface area contributed by atoms with Crippen LogP contribution in [0.5, 0.6) is 0 Å². The van der Waals surface area contributed by atoms with Gasteiger partial charge in [0.1, 0.15) is 5.78 Å². The summed E-state index contributed by atoms with van der Waals surface area (Å²) in [5.74, 6) is 0.139. The Labute approximate surface area is 80.1 Å². The number of carbonyl (C=O) groups is 1. The summed E-state index contributed by atoms with van der Waals surface area (Å²) < 4.78 is 0.978. The Morgan fingerprint density at radius 3 is 2.75 bits per heavy atom. The molecule has 0 saturated heterocycles. The van der Waals surface area contributed by atoms with Gasteiger partial charge in [-0.2, -0.15) is 0 Å². The van der Waals surface area contributed by atoms with Gasteiger partial charge in [0.2, 0.25) is 0 Å². The highest BCUT2D eigenvalue weighted by Gasteiger charge is 2.00. The van der Waals surface area contributed by atoms with Gasteiger partial charge in [0.15, 0.2) is 0 Å². The molecule has 0 fully saturated rings. The highest BCUT2D eigenvalue weighted by molar-refractivity contribution is 9.10. The average Bonchev–Trinajstić information content (AvgIpc) is 1.81. The minimum absolute atomic E-state index is 0.139. The highest BCUT2D eigenvalue weighted by atomic mass is 79.9. The first kappa shape index (κ1) is 9.39. The summed E-state index contributed by atoms with van der Waals surface area (Å²) in [5, 5.41) is 0. The van der Waals surface area contributed by atoms with E-state index in [1.165, 1.54) is 0 Å². The Morgan fingerprint density at radius 1 is 1.58 bits per heavy atom.